The first-order valence-corrected chi connectivity index (χ1v) is 6.21. The SMILES string of the molecule is CCOC(=O)C[C@H](CO)CCC(C)(C)CC. The highest BCUT2D eigenvalue weighted by atomic mass is 16.5. The molecule has 0 heterocycles. The van der Waals surface area contributed by atoms with E-state index in [-0.39, 0.29) is 18.5 Å². The monoisotopic (exact) mass is 230 g/mol. The Kier molecular flexibility index (Phi) is 7.39. The molecule has 0 aromatic carbocycles. The lowest BCUT2D eigenvalue weighted by molar-refractivity contribution is -0.144. The minimum Gasteiger partial charge on any atom is -0.466 e. The molecule has 0 aliphatic carbocycles. The molecule has 1 N–H and O–H groups in total. The molecule has 3 nitrogen and oxygen atoms in total. The number of carbonyl (C=O) groups is 1. The lowest BCUT2D eigenvalue weighted by atomic mass is 9.82. The molecule has 0 amide bonds. The van der Waals surface area contributed by atoms with Gasteiger partial charge in [0, 0.05) is 6.61 Å². The molecule has 16 heavy (non-hydrogen) atoms. The van der Waals surface area contributed by atoms with Gasteiger partial charge in [-0.15, -0.1) is 0 Å². The van der Waals surface area contributed by atoms with Crippen molar-refractivity contribution < 1.29 is 14.6 Å². The van der Waals surface area contributed by atoms with Crippen LogP contribution in [-0.2, 0) is 9.53 Å². The molecular weight excluding hydrogens is 204 g/mol. The van der Waals surface area contributed by atoms with Crippen molar-refractivity contribution in [2.45, 2.75) is 53.4 Å². The third-order valence-electron chi connectivity index (χ3n) is 3.21. The highest BCUT2D eigenvalue weighted by molar-refractivity contribution is 5.69. The molecule has 0 aromatic rings. The standard InChI is InChI=1S/C13H26O3/c1-5-13(3,4)8-7-11(10-14)9-12(15)16-6-2/h11,14H,5-10H2,1-4H3/t11-/m1/s1. The Balaban J connectivity index is 3.96. The Morgan fingerprint density at radius 2 is 2.00 bits per heavy atom. The van der Waals surface area contributed by atoms with Crippen LogP contribution >= 0.6 is 0 Å². The third-order valence-corrected chi connectivity index (χ3v) is 3.21. The Labute approximate surface area is 99.2 Å². The Bertz CT molecular complexity index is 199. The fourth-order valence-corrected chi connectivity index (χ4v) is 1.49. The summed E-state index contributed by atoms with van der Waals surface area (Å²) in [5, 5.41) is 9.20. The first-order chi connectivity index (χ1) is 7.45. The van der Waals surface area contributed by atoms with Gasteiger partial charge in [-0.3, -0.25) is 4.79 Å². The molecule has 1 atom stereocenters. The summed E-state index contributed by atoms with van der Waals surface area (Å²) in [6, 6.07) is 0. The average Bonchev–Trinajstić information content (AvgIpc) is 2.24. The first kappa shape index (κ1) is 15.4. The quantitative estimate of drug-likeness (QED) is 0.652. The normalized spacial score (nSPS) is 13.6. The third kappa shape index (κ3) is 6.83. The average molecular weight is 230 g/mol. The van der Waals surface area contributed by atoms with Crippen molar-refractivity contribution in [2.75, 3.05) is 13.2 Å². The smallest absolute Gasteiger partial charge is 0.306 e. The van der Waals surface area contributed by atoms with Gasteiger partial charge < -0.3 is 9.84 Å². The van der Waals surface area contributed by atoms with Gasteiger partial charge in [0.05, 0.1) is 13.0 Å². The molecule has 0 bridgehead atoms. The summed E-state index contributed by atoms with van der Waals surface area (Å²) in [6.07, 6.45) is 3.37. The van der Waals surface area contributed by atoms with Crippen molar-refractivity contribution >= 4 is 5.97 Å². The van der Waals surface area contributed by atoms with Gasteiger partial charge in [-0.05, 0) is 31.1 Å². The van der Waals surface area contributed by atoms with Crippen molar-refractivity contribution in [1.29, 1.82) is 0 Å². The van der Waals surface area contributed by atoms with Crippen LogP contribution < -0.4 is 0 Å². The van der Waals surface area contributed by atoms with Crippen LogP contribution in [0, 0.1) is 11.3 Å². The van der Waals surface area contributed by atoms with Crippen molar-refractivity contribution in [2.24, 2.45) is 11.3 Å². The largest absolute Gasteiger partial charge is 0.466 e. The molecule has 0 rings (SSSR count). The zero-order chi connectivity index (χ0) is 12.6. The zero-order valence-electron chi connectivity index (χ0n) is 11.1. The van der Waals surface area contributed by atoms with Crippen LogP contribution in [-0.4, -0.2) is 24.3 Å². The van der Waals surface area contributed by atoms with E-state index < -0.39 is 0 Å². The molecule has 0 saturated heterocycles. The fourth-order valence-electron chi connectivity index (χ4n) is 1.49. The van der Waals surface area contributed by atoms with Crippen LogP contribution in [0.1, 0.15) is 53.4 Å². The number of hydrogen-bond donors (Lipinski definition) is 1. The summed E-state index contributed by atoms with van der Waals surface area (Å²) >= 11 is 0. The van der Waals surface area contributed by atoms with Crippen LogP contribution in [0.15, 0.2) is 0 Å². The van der Waals surface area contributed by atoms with E-state index in [1.807, 2.05) is 0 Å². The molecule has 3 heteroatoms. The van der Waals surface area contributed by atoms with Gasteiger partial charge in [0.15, 0.2) is 0 Å². The molecule has 0 aliphatic rings. The maximum Gasteiger partial charge on any atom is 0.306 e. The van der Waals surface area contributed by atoms with Crippen molar-refractivity contribution in [1.82, 2.24) is 0 Å². The minimum atomic E-state index is -0.198. The second-order valence-electron chi connectivity index (χ2n) is 5.11. The van der Waals surface area contributed by atoms with Crippen LogP contribution in [0.4, 0.5) is 0 Å². The lowest BCUT2D eigenvalue weighted by Gasteiger charge is -2.24. The fraction of sp³-hybridized carbons (Fsp3) is 0.923. The van der Waals surface area contributed by atoms with Gasteiger partial charge in [-0.2, -0.15) is 0 Å². The second kappa shape index (κ2) is 7.66. The number of esters is 1. The van der Waals surface area contributed by atoms with Crippen LogP contribution in [0.25, 0.3) is 0 Å². The molecule has 0 saturated carbocycles. The topological polar surface area (TPSA) is 46.5 Å². The van der Waals surface area contributed by atoms with Crippen molar-refractivity contribution in [3.05, 3.63) is 0 Å². The first-order valence-electron chi connectivity index (χ1n) is 6.21. The number of aliphatic hydroxyl groups excluding tert-OH is 1. The highest BCUT2D eigenvalue weighted by Crippen LogP contribution is 2.28. The number of carbonyl (C=O) groups excluding carboxylic acids is 1. The van der Waals surface area contributed by atoms with Crippen LogP contribution in [0.3, 0.4) is 0 Å². The van der Waals surface area contributed by atoms with E-state index in [1.165, 1.54) is 0 Å². The summed E-state index contributed by atoms with van der Waals surface area (Å²) in [6.45, 7) is 8.87. The van der Waals surface area contributed by atoms with Gasteiger partial charge in [0.1, 0.15) is 0 Å². The van der Waals surface area contributed by atoms with Crippen molar-refractivity contribution in [3.63, 3.8) is 0 Å². The molecular formula is C13H26O3. The molecule has 0 radical (unpaired) electrons. The maximum atomic E-state index is 11.3. The molecule has 0 fully saturated rings. The lowest BCUT2D eigenvalue weighted by Crippen LogP contribution is -2.18. The van der Waals surface area contributed by atoms with Gasteiger partial charge in [-0.1, -0.05) is 27.2 Å². The van der Waals surface area contributed by atoms with Gasteiger partial charge in [-0.25, -0.2) is 0 Å². The molecule has 0 unspecified atom stereocenters. The summed E-state index contributed by atoms with van der Waals surface area (Å²) in [5.41, 5.74) is 0.294. The maximum absolute atomic E-state index is 11.3. The Morgan fingerprint density at radius 1 is 1.38 bits per heavy atom. The van der Waals surface area contributed by atoms with Gasteiger partial charge in [0.25, 0.3) is 0 Å². The summed E-state index contributed by atoms with van der Waals surface area (Å²) < 4.78 is 4.88. The highest BCUT2D eigenvalue weighted by Gasteiger charge is 2.20. The van der Waals surface area contributed by atoms with Gasteiger partial charge in [0.2, 0.25) is 0 Å². The van der Waals surface area contributed by atoms with E-state index >= 15 is 0 Å². The molecule has 0 aromatic heterocycles. The van der Waals surface area contributed by atoms with Crippen molar-refractivity contribution in [3.8, 4) is 0 Å². The Morgan fingerprint density at radius 3 is 2.44 bits per heavy atom. The second-order valence-corrected chi connectivity index (χ2v) is 5.11. The summed E-state index contributed by atoms with van der Waals surface area (Å²) in [5.74, 6) is -0.152. The van der Waals surface area contributed by atoms with E-state index in [4.69, 9.17) is 4.74 Å². The number of ether oxygens (including phenoxy) is 1. The van der Waals surface area contributed by atoms with E-state index in [0.29, 0.717) is 18.4 Å². The number of aliphatic hydroxyl groups is 1. The predicted octanol–water partition coefficient (Wildman–Crippen LogP) is 2.76. The summed E-state index contributed by atoms with van der Waals surface area (Å²) in [4.78, 5) is 11.3. The van der Waals surface area contributed by atoms with Crippen LogP contribution in [0.5, 0.6) is 0 Å². The number of rotatable bonds is 8. The molecule has 96 valence electrons. The van der Waals surface area contributed by atoms with E-state index in [1.54, 1.807) is 6.92 Å². The van der Waals surface area contributed by atoms with Crippen LogP contribution in [0.2, 0.25) is 0 Å². The van der Waals surface area contributed by atoms with Gasteiger partial charge >= 0.3 is 5.97 Å². The summed E-state index contributed by atoms with van der Waals surface area (Å²) in [7, 11) is 0. The van der Waals surface area contributed by atoms with E-state index in [2.05, 4.69) is 20.8 Å². The predicted molar refractivity (Wildman–Crippen MR) is 65.1 cm³/mol. The van der Waals surface area contributed by atoms with E-state index in [0.717, 1.165) is 19.3 Å². The number of hydrogen-bond acceptors (Lipinski definition) is 3. The Hall–Kier alpha value is -0.570. The minimum absolute atomic E-state index is 0.0462. The molecule has 0 spiro atoms. The molecule has 0 aliphatic heterocycles. The zero-order valence-corrected chi connectivity index (χ0v) is 11.1. The van der Waals surface area contributed by atoms with E-state index in [9.17, 15) is 9.90 Å².